The normalized spacial score (nSPS) is 23.1. The zero-order chi connectivity index (χ0) is 13.2. The largest absolute Gasteiger partial charge is 0.389 e. The van der Waals surface area contributed by atoms with Crippen LogP contribution in [0.1, 0.15) is 42.5 Å². The molecule has 0 saturated carbocycles. The molecule has 18 heavy (non-hydrogen) atoms. The lowest BCUT2D eigenvalue weighted by Crippen LogP contribution is -2.22. The molecule has 0 spiro atoms. The molecular formula is C13H17F3N2. The molecule has 2 nitrogen and oxygen atoms in total. The van der Waals surface area contributed by atoms with Crippen LogP contribution in [0.25, 0.3) is 0 Å². The molecule has 1 aromatic carbocycles. The fourth-order valence-corrected chi connectivity index (χ4v) is 2.43. The van der Waals surface area contributed by atoms with Crippen LogP contribution >= 0.6 is 0 Å². The van der Waals surface area contributed by atoms with E-state index in [1.807, 2.05) is 24.3 Å². The zero-order valence-electron chi connectivity index (χ0n) is 10.0. The van der Waals surface area contributed by atoms with Crippen LogP contribution < -0.4 is 11.1 Å². The van der Waals surface area contributed by atoms with Crippen molar-refractivity contribution in [1.82, 2.24) is 5.32 Å². The SMILES string of the molecule is NC1CC(NCCCC(F)(F)F)c2ccccc21. The van der Waals surface area contributed by atoms with E-state index in [1.165, 1.54) is 0 Å². The van der Waals surface area contributed by atoms with Gasteiger partial charge in [-0.25, -0.2) is 0 Å². The van der Waals surface area contributed by atoms with Crippen LogP contribution in [-0.2, 0) is 0 Å². The topological polar surface area (TPSA) is 38.0 Å². The Kier molecular flexibility index (Phi) is 3.92. The Morgan fingerprint density at radius 1 is 1.22 bits per heavy atom. The first-order valence-electron chi connectivity index (χ1n) is 6.12. The van der Waals surface area contributed by atoms with Crippen LogP contribution in [0.3, 0.4) is 0 Å². The summed E-state index contributed by atoms with van der Waals surface area (Å²) in [5.41, 5.74) is 8.22. The Labute approximate surface area is 104 Å². The number of hydrogen-bond donors (Lipinski definition) is 2. The summed E-state index contributed by atoms with van der Waals surface area (Å²) in [6, 6.07) is 7.92. The zero-order valence-corrected chi connectivity index (χ0v) is 10.0. The molecule has 0 fully saturated rings. The van der Waals surface area contributed by atoms with Crippen molar-refractivity contribution in [3.8, 4) is 0 Å². The maximum absolute atomic E-state index is 12.0. The van der Waals surface area contributed by atoms with Crippen LogP contribution in [0.4, 0.5) is 13.2 Å². The van der Waals surface area contributed by atoms with Gasteiger partial charge in [0, 0.05) is 18.5 Å². The number of halogens is 3. The van der Waals surface area contributed by atoms with Gasteiger partial charge in [-0.15, -0.1) is 0 Å². The van der Waals surface area contributed by atoms with Crippen molar-refractivity contribution in [1.29, 1.82) is 0 Å². The molecule has 0 saturated heterocycles. The third-order valence-electron chi connectivity index (χ3n) is 3.29. The molecule has 0 heterocycles. The van der Waals surface area contributed by atoms with Crippen molar-refractivity contribution >= 4 is 0 Å². The average Bonchev–Trinajstić information content (AvgIpc) is 2.62. The lowest BCUT2D eigenvalue weighted by Gasteiger charge is -2.14. The Bertz CT molecular complexity index is 403. The first kappa shape index (κ1) is 13.4. The van der Waals surface area contributed by atoms with Gasteiger partial charge in [0.25, 0.3) is 0 Å². The van der Waals surface area contributed by atoms with Gasteiger partial charge in [-0.1, -0.05) is 24.3 Å². The van der Waals surface area contributed by atoms with Crippen LogP contribution in [0.5, 0.6) is 0 Å². The summed E-state index contributed by atoms with van der Waals surface area (Å²) >= 11 is 0. The van der Waals surface area contributed by atoms with E-state index in [0.29, 0.717) is 6.54 Å². The second-order valence-corrected chi connectivity index (χ2v) is 4.70. The lowest BCUT2D eigenvalue weighted by atomic mass is 10.1. The number of rotatable bonds is 4. The highest BCUT2D eigenvalue weighted by Gasteiger charge is 2.29. The summed E-state index contributed by atoms with van der Waals surface area (Å²) in [5.74, 6) is 0. The van der Waals surface area contributed by atoms with Gasteiger partial charge in [0.05, 0.1) is 0 Å². The molecule has 1 aromatic rings. The van der Waals surface area contributed by atoms with Crippen molar-refractivity contribution in [2.75, 3.05) is 6.54 Å². The number of fused-ring (bicyclic) bond motifs is 1. The summed E-state index contributed by atoms with van der Waals surface area (Å²) in [6.45, 7) is 0.366. The van der Waals surface area contributed by atoms with Crippen molar-refractivity contribution in [2.45, 2.75) is 37.5 Å². The minimum atomic E-state index is -4.06. The Morgan fingerprint density at radius 2 is 1.89 bits per heavy atom. The second-order valence-electron chi connectivity index (χ2n) is 4.70. The van der Waals surface area contributed by atoms with Crippen molar-refractivity contribution in [2.24, 2.45) is 5.73 Å². The van der Waals surface area contributed by atoms with Crippen molar-refractivity contribution in [3.05, 3.63) is 35.4 Å². The number of benzene rings is 1. The number of nitrogens with one attached hydrogen (secondary N) is 1. The van der Waals surface area contributed by atoms with E-state index in [0.717, 1.165) is 17.5 Å². The van der Waals surface area contributed by atoms with Gasteiger partial charge in [-0.05, 0) is 30.5 Å². The molecule has 3 N–H and O–H groups in total. The third-order valence-corrected chi connectivity index (χ3v) is 3.29. The first-order valence-corrected chi connectivity index (χ1v) is 6.12. The van der Waals surface area contributed by atoms with Crippen molar-refractivity contribution < 1.29 is 13.2 Å². The minimum absolute atomic E-state index is 0.0127. The van der Waals surface area contributed by atoms with E-state index in [4.69, 9.17) is 5.73 Å². The maximum atomic E-state index is 12.0. The molecule has 1 aliphatic carbocycles. The molecule has 1 aliphatic rings. The van der Waals surface area contributed by atoms with Gasteiger partial charge in [0.2, 0.25) is 0 Å². The van der Waals surface area contributed by atoms with Gasteiger partial charge in [0.1, 0.15) is 0 Å². The highest BCUT2D eigenvalue weighted by molar-refractivity contribution is 5.37. The molecular weight excluding hydrogens is 241 g/mol. The molecule has 2 unspecified atom stereocenters. The van der Waals surface area contributed by atoms with E-state index < -0.39 is 12.6 Å². The van der Waals surface area contributed by atoms with E-state index in [2.05, 4.69) is 5.32 Å². The predicted octanol–water partition coefficient (Wildman–Crippen LogP) is 3.06. The Morgan fingerprint density at radius 3 is 2.56 bits per heavy atom. The van der Waals surface area contributed by atoms with E-state index in [9.17, 15) is 13.2 Å². The molecule has 2 rings (SSSR count). The number of alkyl halides is 3. The van der Waals surface area contributed by atoms with Gasteiger partial charge in [0.15, 0.2) is 0 Å². The standard InChI is InChI=1S/C13H17F3N2/c14-13(15,16)6-3-7-18-12-8-11(17)9-4-1-2-5-10(9)12/h1-2,4-5,11-12,18H,3,6-8,17H2. The number of hydrogen-bond acceptors (Lipinski definition) is 2. The molecule has 0 radical (unpaired) electrons. The molecule has 5 heteroatoms. The van der Waals surface area contributed by atoms with Crippen LogP contribution in [-0.4, -0.2) is 12.7 Å². The lowest BCUT2D eigenvalue weighted by molar-refractivity contribution is -0.135. The van der Waals surface area contributed by atoms with E-state index in [1.54, 1.807) is 0 Å². The highest BCUT2D eigenvalue weighted by Crippen LogP contribution is 2.36. The summed E-state index contributed by atoms with van der Waals surface area (Å²) in [4.78, 5) is 0. The van der Waals surface area contributed by atoms with Crippen LogP contribution in [0.2, 0.25) is 0 Å². The maximum Gasteiger partial charge on any atom is 0.389 e. The first-order chi connectivity index (χ1) is 8.47. The molecule has 0 aliphatic heterocycles. The Balaban J connectivity index is 1.85. The average molecular weight is 258 g/mol. The van der Waals surface area contributed by atoms with Crippen LogP contribution in [0, 0.1) is 0 Å². The summed E-state index contributed by atoms with van der Waals surface area (Å²) < 4.78 is 36.0. The Hall–Kier alpha value is -1.07. The van der Waals surface area contributed by atoms with E-state index >= 15 is 0 Å². The van der Waals surface area contributed by atoms with Gasteiger partial charge < -0.3 is 11.1 Å². The summed E-state index contributed by atoms with van der Waals surface area (Å²) in [5, 5.41) is 3.16. The van der Waals surface area contributed by atoms with Gasteiger partial charge in [-0.2, -0.15) is 13.2 Å². The summed E-state index contributed by atoms with van der Waals surface area (Å²) in [6.07, 6.45) is -3.94. The molecule has 0 aromatic heterocycles. The second kappa shape index (κ2) is 5.28. The molecule has 0 bridgehead atoms. The van der Waals surface area contributed by atoms with Gasteiger partial charge >= 0.3 is 6.18 Å². The fourth-order valence-electron chi connectivity index (χ4n) is 2.43. The predicted molar refractivity (Wildman–Crippen MR) is 64.0 cm³/mol. The molecule has 2 atom stereocenters. The molecule has 100 valence electrons. The van der Waals surface area contributed by atoms with Gasteiger partial charge in [-0.3, -0.25) is 0 Å². The van der Waals surface area contributed by atoms with Crippen LogP contribution in [0.15, 0.2) is 24.3 Å². The third kappa shape index (κ3) is 3.23. The fraction of sp³-hybridized carbons (Fsp3) is 0.538. The monoisotopic (exact) mass is 258 g/mol. The quantitative estimate of drug-likeness (QED) is 0.814. The van der Waals surface area contributed by atoms with Crippen molar-refractivity contribution in [3.63, 3.8) is 0 Å². The highest BCUT2D eigenvalue weighted by atomic mass is 19.4. The smallest absolute Gasteiger partial charge is 0.324 e. The minimum Gasteiger partial charge on any atom is -0.324 e. The van der Waals surface area contributed by atoms with E-state index in [-0.39, 0.29) is 18.5 Å². The molecule has 0 amide bonds. The number of nitrogens with two attached hydrogens (primary N) is 1. The summed E-state index contributed by atoms with van der Waals surface area (Å²) in [7, 11) is 0.